The van der Waals surface area contributed by atoms with E-state index in [0.29, 0.717) is 0 Å². The number of rotatable bonds is 5. The monoisotopic (exact) mass is 344 g/mol. The summed E-state index contributed by atoms with van der Waals surface area (Å²) < 4.78 is 65.1. The van der Waals surface area contributed by atoms with E-state index < -0.39 is 25.1 Å². The van der Waals surface area contributed by atoms with Gasteiger partial charge in [-0.2, -0.15) is 16.8 Å². The van der Waals surface area contributed by atoms with Gasteiger partial charge in [0.05, 0.1) is 12.0 Å². The smallest absolute Gasteiger partial charge is 0.339 e. The first-order valence-electron chi connectivity index (χ1n) is 5.89. The average molecular weight is 344 g/mol. The highest BCUT2D eigenvalue weighted by atomic mass is 32.2. The lowest BCUT2D eigenvalue weighted by Gasteiger charge is -2.11. The van der Waals surface area contributed by atoms with Gasteiger partial charge in [0.25, 0.3) is 10.1 Å². The largest absolute Gasteiger partial charge is 0.493 e. The summed E-state index contributed by atoms with van der Waals surface area (Å²) in [4.78, 5) is -0.496. The van der Waals surface area contributed by atoms with Crippen molar-refractivity contribution in [3.8, 4) is 11.5 Å². The third-order valence-corrected chi connectivity index (χ3v) is 4.76. The van der Waals surface area contributed by atoms with Crippen LogP contribution in [-0.4, -0.2) is 28.5 Å². The highest BCUT2D eigenvalue weighted by molar-refractivity contribution is 7.87. The first-order chi connectivity index (χ1) is 10.2. The highest BCUT2D eigenvalue weighted by Crippen LogP contribution is 2.32. The minimum absolute atomic E-state index is 0.0593. The van der Waals surface area contributed by atoms with E-state index in [4.69, 9.17) is 13.5 Å². The van der Waals surface area contributed by atoms with E-state index in [2.05, 4.69) is 0 Å². The second kappa shape index (κ2) is 5.95. The molecule has 9 heteroatoms. The van der Waals surface area contributed by atoms with Crippen molar-refractivity contribution in [3.05, 3.63) is 48.5 Å². The van der Waals surface area contributed by atoms with Crippen molar-refractivity contribution in [1.29, 1.82) is 0 Å². The molecule has 0 aromatic heterocycles. The Morgan fingerprint density at radius 1 is 0.864 bits per heavy atom. The van der Waals surface area contributed by atoms with E-state index in [1.807, 2.05) is 0 Å². The van der Waals surface area contributed by atoms with E-state index >= 15 is 0 Å². The lowest BCUT2D eigenvalue weighted by Crippen LogP contribution is -2.10. The summed E-state index contributed by atoms with van der Waals surface area (Å²) in [6, 6.07) is 10.5. The second-order valence-electron chi connectivity index (χ2n) is 4.14. The maximum Gasteiger partial charge on any atom is 0.339 e. The Morgan fingerprint density at radius 2 is 1.50 bits per heavy atom. The quantitative estimate of drug-likeness (QED) is 0.650. The van der Waals surface area contributed by atoms with Crippen LogP contribution in [0.25, 0.3) is 0 Å². The molecule has 2 rings (SSSR count). The van der Waals surface area contributed by atoms with Crippen molar-refractivity contribution >= 4 is 20.2 Å². The van der Waals surface area contributed by atoms with E-state index in [1.165, 1.54) is 31.4 Å². The summed E-state index contributed by atoms with van der Waals surface area (Å²) in [6.45, 7) is 0. The minimum atomic E-state index is -4.43. The lowest BCUT2D eigenvalue weighted by atomic mass is 10.3. The van der Waals surface area contributed by atoms with E-state index in [0.717, 1.165) is 18.2 Å². The summed E-state index contributed by atoms with van der Waals surface area (Å²) in [5.41, 5.74) is 0. The predicted molar refractivity (Wildman–Crippen MR) is 77.1 cm³/mol. The molecule has 0 saturated heterocycles. The molecule has 0 spiro atoms. The topological polar surface area (TPSA) is 107 Å². The molecule has 0 aliphatic carbocycles. The summed E-state index contributed by atoms with van der Waals surface area (Å²) in [5, 5.41) is 0. The maximum absolute atomic E-state index is 12.1. The lowest BCUT2D eigenvalue weighted by molar-refractivity contribution is 0.388. The molecule has 22 heavy (non-hydrogen) atoms. The van der Waals surface area contributed by atoms with Gasteiger partial charge in [0.15, 0.2) is 11.5 Å². The van der Waals surface area contributed by atoms with Crippen LogP contribution < -0.4 is 8.92 Å². The van der Waals surface area contributed by atoms with Crippen LogP contribution in [0, 0.1) is 0 Å². The molecular weight excluding hydrogens is 332 g/mol. The molecule has 0 bridgehead atoms. The first kappa shape index (κ1) is 16.3. The Bertz CT molecular complexity index is 872. The molecule has 0 radical (unpaired) electrons. The number of hydrogen-bond acceptors (Lipinski definition) is 6. The summed E-state index contributed by atoms with van der Waals surface area (Å²) >= 11 is 0. The van der Waals surface area contributed by atoms with E-state index in [1.54, 1.807) is 6.07 Å². The van der Waals surface area contributed by atoms with Crippen LogP contribution in [0.2, 0.25) is 0 Å². The molecule has 118 valence electrons. The summed E-state index contributed by atoms with van der Waals surface area (Å²) in [7, 11) is -7.31. The van der Waals surface area contributed by atoms with Crippen molar-refractivity contribution < 1.29 is 30.3 Å². The molecule has 0 saturated carbocycles. The zero-order chi connectivity index (χ0) is 16.4. The highest BCUT2D eigenvalue weighted by Gasteiger charge is 2.20. The molecule has 2 aromatic carbocycles. The Kier molecular flexibility index (Phi) is 4.40. The second-order valence-corrected chi connectivity index (χ2v) is 7.11. The molecule has 0 atom stereocenters. The van der Waals surface area contributed by atoms with Gasteiger partial charge in [-0.05, 0) is 24.3 Å². The van der Waals surface area contributed by atoms with Crippen molar-refractivity contribution in [2.75, 3.05) is 7.11 Å². The Morgan fingerprint density at radius 3 is 2.05 bits per heavy atom. The van der Waals surface area contributed by atoms with E-state index in [-0.39, 0.29) is 16.4 Å². The standard InChI is InChI=1S/C13H12O7S2/c1-19-13-9-11(21(14,15)16)7-8-12(13)20-22(17,18)10-5-3-2-4-6-10/h2-9H,1H3,(H,14,15,16). The third kappa shape index (κ3) is 3.56. The Balaban J connectivity index is 2.42. The fourth-order valence-electron chi connectivity index (χ4n) is 1.63. The van der Waals surface area contributed by atoms with Crippen LogP contribution >= 0.6 is 0 Å². The van der Waals surface area contributed by atoms with Gasteiger partial charge in [-0.25, -0.2) is 0 Å². The first-order valence-corrected chi connectivity index (χ1v) is 8.74. The fraction of sp³-hybridized carbons (Fsp3) is 0.0769. The number of benzene rings is 2. The molecule has 0 heterocycles. The van der Waals surface area contributed by atoms with Gasteiger partial charge in [-0.3, -0.25) is 4.55 Å². The van der Waals surface area contributed by atoms with Crippen LogP contribution in [0.15, 0.2) is 58.3 Å². The molecule has 0 amide bonds. The van der Waals surface area contributed by atoms with E-state index in [9.17, 15) is 16.8 Å². The third-order valence-electron chi connectivity index (χ3n) is 2.66. The molecule has 2 aromatic rings. The number of methoxy groups -OCH3 is 1. The average Bonchev–Trinajstić information content (AvgIpc) is 2.47. The minimum Gasteiger partial charge on any atom is -0.493 e. The van der Waals surface area contributed by atoms with Gasteiger partial charge >= 0.3 is 10.1 Å². The van der Waals surface area contributed by atoms with Gasteiger partial charge in [-0.1, -0.05) is 18.2 Å². The van der Waals surface area contributed by atoms with Crippen LogP contribution in [0.1, 0.15) is 0 Å². The Labute approximate surface area is 128 Å². The van der Waals surface area contributed by atoms with Gasteiger partial charge in [0.2, 0.25) is 0 Å². The SMILES string of the molecule is COc1cc(S(=O)(=O)O)ccc1OS(=O)(=O)c1ccccc1. The molecule has 0 aliphatic heterocycles. The van der Waals surface area contributed by atoms with Crippen LogP contribution in [0.3, 0.4) is 0 Å². The molecule has 0 aliphatic rings. The van der Waals surface area contributed by atoms with Gasteiger partial charge in [0, 0.05) is 6.07 Å². The zero-order valence-electron chi connectivity index (χ0n) is 11.3. The van der Waals surface area contributed by atoms with Crippen molar-refractivity contribution in [2.45, 2.75) is 9.79 Å². The van der Waals surface area contributed by atoms with Gasteiger partial charge < -0.3 is 8.92 Å². The molecule has 7 nitrogen and oxygen atoms in total. The number of hydrogen-bond donors (Lipinski definition) is 1. The molecule has 0 unspecified atom stereocenters. The van der Waals surface area contributed by atoms with Crippen molar-refractivity contribution in [3.63, 3.8) is 0 Å². The van der Waals surface area contributed by atoms with Crippen LogP contribution in [0.5, 0.6) is 11.5 Å². The molecular formula is C13H12O7S2. The maximum atomic E-state index is 12.1. The summed E-state index contributed by atoms with van der Waals surface area (Å²) in [6.07, 6.45) is 0. The van der Waals surface area contributed by atoms with Gasteiger partial charge in [0.1, 0.15) is 4.90 Å². The van der Waals surface area contributed by atoms with Gasteiger partial charge in [-0.15, -0.1) is 0 Å². The van der Waals surface area contributed by atoms with Crippen LogP contribution in [-0.2, 0) is 20.2 Å². The Hall–Kier alpha value is -2.10. The van der Waals surface area contributed by atoms with Crippen LogP contribution in [0.4, 0.5) is 0 Å². The zero-order valence-corrected chi connectivity index (χ0v) is 13.0. The van der Waals surface area contributed by atoms with Crippen molar-refractivity contribution in [2.24, 2.45) is 0 Å². The normalized spacial score (nSPS) is 11.9. The fourth-order valence-corrected chi connectivity index (χ4v) is 3.09. The predicted octanol–water partition coefficient (Wildman–Crippen LogP) is 1.71. The van der Waals surface area contributed by atoms with Crippen molar-refractivity contribution in [1.82, 2.24) is 0 Å². The molecule has 0 fully saturated rings. The molecule has 1 N–H and O–H groups in total. The summed E-state index contributed by atoms with van der Waals surface area (Å²) in [5.74, 6) is -0.339. The number of ether oxygens (including phenoxy) is 1.